The van der Waals surface area contributed by atoms with Gasteiger partial charge in [0, 0.05) is 30.4 Å². The number of aromatic amines is 1. The molecule has 1 aliphatic heterocycles. The third-order valence-corrected chi connectivity index (χ3v) is 6.27. The largest absolute Gasteiger partial charge is 0.481 e. The van der Waals surface area contributed by atoms with Crippen LogP contribution < -0.4 is 0 Å². The first-order chi connectivity index (χ1) is 10.4. The van der Waals surface area contributed by atoms with Gasteiger partial charge in [-0.15, -0.1) is 0 Å². The number of aromatic nitrogens is 2. The fourth-order valence-corrected chi connectivity index (χ4v) is 4.91. The Hall–Kier alpha value is -1.93. The molecule has 0 radical (unpaired) electrons. The molecule has 2 aromatic heterocycles. The van der Waals surface area contributed by atoms with E-state index in [1.54, 1.807) is 25.3 Å². The lowest BCUT2D eigenvalue weighted by molar-refractivity contribution is -0.144. The third-order valence-electron chi connectivity index (χ3n) is 4.25. The standard InChI is InChI=1S/C14H17N3O4S/c1-9-10(14(18)19)5-3-7-17(9)22(20,21)12-8-16-13-11(12)4-2-6-15-13/h2,4,6,8-10H,3,5,7H2,1H3,(H,15,16)(H,18,19)/t9-,10-/m1/s1. The Morgan fingerprint density at radius 2 is 2.27 bits per heavy atom. The summed E-state index contributed by atoms with van der Waals surface area (Å²) in [5, 5.41) is 9.78. The van der Waals surface area contributed by atoms with Crippen molar-refractivity contribution >= 4 is 27.0 Å². The Labute approximate surface area is 128 Å². The second-order valence-corrected chi connectivity index (χ2v) is 7.35. The Bertz CT molecular complexity index is 814. The molecule has 0 aromatic carbocycles. The van der Waals surface area contributed by atoms with Crippen molar-refractivity contribution in [2.45, 2.75) is 30.7 Å². The molecule has 0 saturated carbocycles. The Kier molecular flexibility index (Phi) is 3.65. The molecule has 3 heterocycles. The molecule has 0 bridgehead atoms. The minimum absolute atomic E-state index is 0.147. The molecule has 1 aliphatic rings. The van der Waals surface area contributed by atoms with Crippen molar-refractivity contribution in [3.63, 3.8) is 0 Å². The Balaban J connectivity index is 2.04. The topological polar surface area (TPSA) is 103 Å². The van der Waals surface area contributed by atoms with Crippen LogP contribution in [-0.2, 0) is 14.8 Å². The second-order valence-electron chi connectivity index (χ2n) is 5.50. The lowest BCUT2D eigenvalue weighted by Crippen LogP contribution is -2.48. The van der Waals surface area contributed by atoms with Crippen LogP contribution in [0.2, 0.25) is 0 Å². The van der Waals surface area contributed by atoms with Gasteiger partial charge in [0.1, 0.15) is 10.5 Å². The maximum Gasteiger partial charge on any atom is 0.308 e. The molecule has 0 aliphatic carbocycles. The van der Waals surface area contributed by atoms with Gasteiger partial charge in [0.05, 0.1) is 5.92 Å². The van der Waals surface area contributed by atoms with E-state index < -0.39 is 28.0 Å². The highest BCUT2D eigenvalue weighted by Gasteiger charge is 2.40. The van der Waals surface area contributed by atoms with E-state index in [1.807, 2.05) is 0 Å². The van der Waals surface area contributed by atoms with Gasteiger partial charge in [0.15, 0.2) is 0 Å². The van der Waals surface area contributed by atoms with Gasteiger partial charge in [0.25, 0.3) is 0 Å². The average molecular weight is 323 g/mol. The van der Waals surface area contributed by atoms with Crippen LogP contribution in [0.5, 0.6) is 0 Å². The summed E-state index contributed by atoms with van der Waals surface area (Å²) in [6.45, 7) is 1.99. The monoisotopic (exact) mass is 323 g/mol. The van der Waals surface area contributed by atoms with Gasteiger partial charge >= 0.3 is 5.97 Å². The van der Waals surface area contributed by atoms with Crippen LogP contribution in [0.25, 0.3) is 11.0 Å². The molecule has 0 amide bonds. The summed E-state index contributed by atoms with van der Waals surface area (Å²) in [6, 6.07) is 2.79. The summed E-state index contributed by atoms with van der Waals surface area (Å²) < 4.78 is 27.1. The highest BCUT2D eigenvalue weighted by atomic mass is 32.2. The number of hydrogen-bond acceptors (Lipinski definition) is 4. The molecule has 1 fully saturated rings. The molecule has 22 heavy (non-hydrogen) atoms. The molecule has 0 spiro atoms. The summed E-state index contributed by atoms with van der Waals surface area (Å²) in [7, 11) is -3.76. The first-order valence-electron chi connectivity index (χ1n) is 7.09. The fourth-order valence-electron chi connectivity index (χ4n) is 3.05. The lowest BCUT2D eigenvalue weighted by Gasteiger charge is -2.36. The number of hydrogen-bond donors (Lipinski definition) is 2. The van der Waals surface area contributed by atoms with Crippen molar-refractivity contribution in [3.05, 3.63) is 24.5 Å². The van der Waals surface area contributed by atoms with Crippen LogP contribution in [0, 0.1) is 5.92 Å². The maximum atomic E-state index is 12.9. The van der Waals surface area contributed by atoms with Crippen molar-refractivity contribution in [2.75, 3.05) is 6.54 Å². The van der Waals surface area contributed by atoms with Crippen molar-refractivity contribution in [1.29, 1.82) is 0 Å². The number of carboxylic acids is 1. The van der Waals surface area contributed by atoms with E-state index in [1.165, 1.54) is 10.5 Å². The van der Waals surface area contributed by atoms with Crippen molar-refractivity contribution in [2.24, 2.45) is 5.92 Å². The van der Waals surface area contributed by atoms with E-state index in [2.05, 4.69) is 9.97 Å². The van der Waals surface area contributed by atoms with Gasteiger partial charge in [-0.25, -0.2) is 13.4 Å². The quantitative estimate of drug-likeness (QED) is 0.889. The number of nitrogens with zero attached hydrogens (tertiary/aromatic N) is 2. The van der Waals surface area contributed by atoms with Crippen molar-refractivity contribution in [3.8, 4) is 0 Å². The Morgan fingerprint density at radius 1 is 1.50 bits per heavy atom. The third kappa shape index (κ3) is 2.28. The number of aliphatic carboxylic acids is 1. The maximum absolute atomic E-state index is 12.9. The first kappa shape index (κ1) is 15.0. The number of rotatable bonds is 3. The second kappa shape index (κ2) is 5.36. The average Bonchev–Trinajstić information content (AvgIpc) is 2.91. The SMILES string of the molecule is C[C@@H]1[C@H](C(=O)O)CCCN1S(=O)(=O)c1c[nH]c2ncccc12. The van der Waals surface area contributed by atoms with E-state index in [0.717, 1.165) is 0 Å². The number of carbonyl (C=O) groups is 1. The fraction of sp³-hybridized carbons (Fsp3) is 0.429. The van der Waals surface area contributed by atoms with E-state index in [9.17, 15) is 18.3 Å². The number of sulfonamides is 1. The molecule has 2 N–H and O–H groups in total. The number of piperidine rings is 1. The van der Waals surface area contributed by atoms with Crippen LogP contribution >= 0.6 is 0 Å². The zero-order valence-corrected chi connectivity index (χ0v) is 12.9. The minimum atomic E-state index is -3.76. The van der Waals surface area contributed by atoms with Gasteiger partial charge in [-0.3, -0.25) is 4.79 Å². The summed E-state index contributed by atoms with van der Waals surface area (Å²) in [5.74, 6) is -1.63. The van der Waals surface area contributed by atoms with E-state index in [4.69, 9.17) is 0 Å². The van der Waals surface area contributed by atoms with E-state index in [-0.39, 0.29) is 4.90 Å². The van der Waals surface area contributed by atoms with Crippen LogP contribution in [0.15, 0.2) is 29.4 Å². The van der Waals surface area contributed by atoms with Crippen LogP contribution in [0.4, 0.5) is 0 Å². The predicted molar refractivity (Wildman–Crippen MR) is 79.8 cm³/mol. The van der Waals surface area contributed by atoms with Crippen LogP contribution in [-0.4, -0.2) is 46.4 Å². The van der Waals surface area contributed by atoms with Gasteiger partial charge < -0.3 is 10.1 Å². The zero-order chi connectivity index (χ0) is 15.9. The van der Waals surface area contributed by atoms with E-state index in [0.29, 0.717) is 30.4 Å². The normalized spacial score (nSPS) is 23.7. The van der Waals surface area contributed by atoms with Crippen LogP contribution in [0.1, 0.15) is 19.8 Å². The van der Waals surface area contributed by atoms with E-state index >= 15 is 0 Å². The number of pyridine rings is 1. The molecule has 1 saturated heterocycles. The van der Waals surface area contributed by atoms with Crippen molar-refractivity contribution in [1.82, 2.24) is 14.3 Å². The molecule has 3 rings (SSSR count). The van der Waals surface area contributed by atoms with Gasteiger partial charge in [-0.1, -0.05) is 0 Å². The molecular weight excluding hydrogens is 306 g/mol. The summed E-state index contributed by atoms with van der Waals surface area (Å²) >= 11 is 0. The summed E-state index contributed by atoms with van der Waals surface area (Å²) in [4.78, 5) is 18.4. The number of carboxylic acid groups (broad SMARTS) is 1. The highest BCUT2D eigenvalue weighted by Crippen LogP contribution is 2.31. The summed E-state index contributed by atoms with van der Waals surface area (Å²) in [6.07, 6.45) is 4.04. The number of H-pyrrole nitrogens is 1. The summed E-state index contributed by atoms with van der Waals surface area (Å²) in [5.41, 5.74) is 0.500. The number of nitrogens with one attached hydrogen (secondary N) is 1. The highest BCUT2D eigenvalue weighted by molar-refractivity contribution is 7.89. The molecule has 118 valence electrons. The first-order valence-corrected chi connectivity index (χ1v) is 8.53. The predicted octanol–water partition coefficient (Wildman–Crippen LogP) is 1.44. The zero-order valence-electron chi connectivity index (χ0n) is 12.1. The Morgan fingerprint density at radius 3 is 3.00 bits per heavy atom. The van der Waals surface area contributed by atoms with Gasteiger partial charge in [0.2, 0.25) is 10.0 Å². The molecule has 0 unspecified atom stereocenters. The molecule has 2 atom stereocenters. The molecule has 7 nitrogen and oxygen atoms in total. The van der Waals surface area contributed by atoms with Crippen LogP contribution in [0.3, 0.4) is 0 Å². The van der Waals surface area contributed by atoms with Gasteiger partial charge in [-0.2, -0.15) is 4.31 Å². The molecule has 8 heteroatoms. The minimum Gasteiger partial charge on any atom is -0.481 e. The number of fused-ring (bicyclic) bond motifs is 1. The molecule has 2 aromatic rings. The smallest absolute Gasteiger partial charge is 0.308 e. The van der Waals surface area contributed by atoms with Gasteiger partial charge in [-0.05, 0) is 31.9 Å². The van der Waals surface area contributed by atoms with Crippen molar-refractivity contribution < 1.29 is 18.3 Å². The molecular formula is C14H17N3O4S. The lowest BCUT2D eigenvalue weighted by atomic mass is 9.92.